The summed E-state index contributed by atoms with van der Waals surface area (Å²) in [5.41, 5.74) is 0.319. The van der Waals surface area contributed by atoms with Crippen LogP contribution < -0.4 is 4.72 Å². The van der Waals surface area contributed by atoms with Crippen LogP contribution in [-0.2, 0) is 16.6 Å². The number of rotatable bonds is 4. The summed E-state index contributed by atoms with van der Waals surface area (Å²) in [6.45, 7) is -0.391. The maximum Gasteiger partial charge on any atom is 0.261 e. The second-order valence-corrected chi connectivity index (χ2v) is 6.64. The smallest absolute Gasteiger partial charge is 0.261 e. The topological polar surface area (TPSA) is 66.4 Å². The normalized spacial score (nSPS) is 11.4. The van der Waals surface area contributed by atoms with E-state index < -0.39 is 22.4 Å². The molecule has 2 N–H and O–H groups in total. The third kappa shape index (κ3) is 3.65. The van der Waals surface area contributed by atoms with Crippen LogP contribution >= 0.6 is 23.2 Å². The first-order valence-corrected chi connectivity index (χ1v) is 7.94. The van der Waals surface area contributed by atoms with Gasteiger partial charge in [-0.2, -0.15) is 0 Å². The van der Waals surface area contributed by atoms with E-state index in [1.54, 1.807) is 0 Å². The molecule has 2 rings (SSSR count). The molecule has 0 saturated carbocycles. The monoisotopic (exact) mass is 349 g/mol. The number of hydrogen-bond donors (Lipinski definition) is 2. The van der Waals surface area contributed by atoms with Gasteiger partial charge in [0.05, 0.1) is 22.2 Å². The molecule has 112 valence electrons. The Morgan fingerprint density at radius 1 is 1.10 bits per heavy atom. The molecule has 0 amide bonds. The lowest BCUT2D eigenvalue weighted by atomic mass is 10.2. The molecule has 2 aromatic rings. The molecule has 0 aliphatic heterocycles. The molecule has 0 fully saturated rings. The molecule has 0 aliphatic rings. The van der Waals surface area contributed by atoms with E-state index in [-0.39, 0.29) is 26.2 Å². The van der Waals surface area contributed by atoms with Gasteiger partial charge in [-0.15, -0.1) is 0 Å². The fourth-order valence-corrected chi connectivity index (χ4v) is 3.01. The largest absolute Gasteiger partial charge is 0.392 e. The summed E-state index contributed by atoms with van der Waals surface area (Å²) in [6, 6.07) is 7.46. The van der Waals surface area contributed by atoms with E-state index in [9.17, 15) is 12.8 Å². The van der Waals surface area contributed by atoms with E-state index in [4.69, 9.17) is 28.3 Å². The van der Waals surface area contributed by atoms with Gasteiger partial charge in [-0.1, -0.05) is 23.2 Å². The van der Waals surface area contributed by atoms with Crippen molar-refractivity contribution in [1.82, 2.24) is 0 Å². The number of benzene rings is 2. The van der Waals surface area contributed by atoms with E-state index in [1.165, 1.54) is 30.3 Å². The van der Waals surface area contributed by atoms with Crippen LogP contribution in [0.5, 0.6) is 0 Å². The number of hydrogen-bond acceptors (Lipinski definition) is 3. The van der Waals surface area contributed by atoms with Crippen molar-refractivity contribution in [2.75, 3.05) is 4.72 Å². The van der Waals surface area contributed by atoms with Crippen LogP contribution in [-0.4, -0.2) is 13.5 Å². The van der Waals surface area contributed by atoms with Crippen molar-refractivity contribution in [3.05, 3.63) is 57.8 Å². The Balaban J connectivity index is 2.35. The van der Waals surface area contributed by atoms with E-state index in [0.717, 1.165) is 6.07 Å². The maximum atomic E-state index is 13.3. The maximum absolute atomic E-state index is 13.3. The number of anilines is 1. The van der Waals surface area contributed by atoms with Crippen molar-refractivity contribution >= 4 is 38.9 Å². The Morgan fingerprint density at radius 3 is 2.38 bits per heavy atom. The summed E-state index contributed by atoms with van der Waals surface area (Å²) in [6.07, 6.45) is 0. The highest BCUT2D eigenvalue weighted by Crippen LogP contribution is 2.24. The average molecular weight is 350 g/mol. The van der Waals surface area contributed by atoms with Crippen LogP contribution in [0.25, 0.3) is 0 Å². The first kappa shape index (κ1) is 16.0. The summed E-state index contributed by atoms with van der Waals surface area (Å²) in [7, 11) is -3.92. The number of halogens is 3. The Bertz CT molecular complexity index is 781. The fraction of sp³-hybridized carbons (Fsp3) is 0.0769. The predicted octanol–water partition coefficient (Wildman–Crippen LogP) is 3.43. The van der Waals surface area contributed by atoms with Gasteiger partial charge in [0.25, 0.3) is 10.0 Å². The van der Waals surface area contributed by atoms with Crippen LogP contribution in [0.1, 0.15) is 5.56 Å². The minimum absolute atomic E-state index is 0.0393. The lowest BCUT2D eigenvalue weighted by molar-refractivity contribution is 0.281. The van der Waals surface area contributed by atoms with Gasteiger partial charge in [-0.25, -0.2) is 12.8 Å². The number of nitrogens with one attached hydrogen (secondary N) is 1. The Labute approximate surface area is 131 Å². The van der Waals surface area contributed by atoms with Crippen molar-refractivity contribution < 1.29 is 17.9 Å². The van der Waals surface area contributed by atoms with Crippen molar-refractivity contribution in [3.8, 4) is 0 Å². The fourth-order valence-electron chi connectivity index (χ4n) is 1.61. The van der Waals surface area contributed by atoms with Crippen molar-refractivity contribution in [3.63, 3.8) is 0 Å². The van der Waals surface area contributed by atoms with Crippen molar-refractivity contribution in [2.45, 2.75) is 11.5 Å². The van der Waals surface area contributed by atoms with Gasteiger partial charge in [0.1, 0.15) is 5.82 Å². The highest BCUT2D eigenvalue weighted by molar-refractivity contribution is 7.92. The lowest BCUT2D eigenvalue weighted by Gasteiger charge is -2.10. The standard InChI is InChI=1S/C13H10Cl2FNO3S/c14-11-4-2-10(5-8(11)7-18)21(19,20)17-9-1-3-12(15)13(16)6-9/h1-6,17-18H,7H2. The van der Waals surface area contributed by atoms with Crippen LogP contribution in [0.15, 0.2) is 41.3 Å². The SMILES string of the molecule is O=S(=O)(Nc1ccc(Cl)c(F)c1)c1ccc(Cl)c(CO)c1. The summed E-state index contributed by atoms with van der Waals surface area (Å²) in [5, 5.41) is 9.26. The van der Waals surface area contributed by atoms with Gasteiger partial charge in [0.2, 0.25) is 0 Å². The summed E-state index contributed by atoms with van der Waals surface area (Å²) < 4.78 is 39.9. The van der Waals surface area contributed by atoms with Crippen LogP contribution in [0.2, 0.25) is 10.0 Å². The van der Waals surface area contributed by atoms with Crippen molar-refractivity contribution in [2.24, 2.45) is 0 Å². The first-order chi connectivity index (χ1) is 9.83. The molecule has 0 aliphatic carbocycles. The Kier molecular flexibility index (Phi) is 4.73. The number of aliphatic hydroxyl groups is 1. The first-order valence-electron chi connectivity index (χ1n) is 5.70. The van der Waals surface area contributed by atoms with Gasteiger partial charge in [0, 0.05) is 5.02 Å². The molecular weight excluding hydrogens is 340 g/mol. The van der Waals surface area contributed by atoms with Gasteiger partial charge >= 0.3 is 0 Å². The van der Waals surface area contributed by atoms with Crippen LogP contribution in [0.3, 0.4) is 0 Å². The molecule has 0 saturated heterocycles. The average Bonchev–Trinajstić information content (AvgIpc) is 2.43. The lowest BCUT2D eigenvalue weighted by Crippen LogP contribution is -2.13. The zero-order valence-corrected chi connectivity index (χ0v) is 12.8. The highest BCUT2D eigenvalue weighted by atomic mass is 35.5. The minimum Gasteiger partial charge on any atom is -0.392 e. The van der Waals surface area contributed by atoms with E-state index >= 15 is 0 Å². The Morgan fingerprint density at radius 2 is 1.76 bits per heavy atom. The molecule has 4 nitrogen and oxygen atoms in total. The van der Waals surface area contributed by atoms with E-state index in [1.807, 2.05) is 0 Å². The molecule has 0 spiro atoms. The minimum atomic E-state index is -3.92. The van der Waals surface area contributed by atoms with Crippen LogP contribution in [0.4, 0.5) is 10.1 Å². The molecule has 0 aromatic heterocycles. The molecule has 8 heteroatoms. The molecule has 0 unspecified atom stereocenters. The number of sulfonamides is 1. The second-order valence-electron chi connectivity index (χ2n) is 4.15. The molecule has 0 atom stereocenters. The van der Waals surface area contributed by atoms with Gasteiger partial charge in [-0.3, -0.25) is 4.72 Å². The molecule has 2 aromatic carbocycles. The molecule has 0 heterocycles. The highest BCUT2D eigenvalue weighted by Gasteiger charge is 2.16. The molecule has 0 radical (unpaired) electrons. The summed E-state index contributed by atoms with van der Waals surface area (Å²) in [4.78, 5) is -0.0914. The van der Waals surface area contributed by atoms with Gasteiger partial charge in [-0.05, 0) is 42.0 Å². The van der Waals surface area contributed by atoms with Gasteiger partial charge in [0.15, 0.2) is 0 Å². The van der Waals surface area contributed by atoms with E-state index in [0.29, 0.717) is 0 Å². The van der Waals surface area contributed by atoms with Crippen LogP contribution in [0, 0.1) is 5.82 Å². The van der Waals surface area contributed by atoms with Gasteiger partial charge < -0.3 is 5.11 Å². The Hall–Kier alpha value is -1.34. The quantitative estimate of drug-likeness (QED) is 0.888. The molecule has 21 heavy (non-hydrogen) atoms. The third-order valence-corrected chi connectivity index (χ3v) is 4.72. The van der Waals surface area contributed by atoms with E-state index in [2.05, 4.69) is 4.72 Å². The predicted molar refractivity (Wildman–Crippen MR) is 79.6 cm³/mol. The molecular formula is C13H10Cl2FNO3S. The van der Waals surface area contributed by atoms with Crippen molar-refractivity contribution in [1.29, 1.82) is 0 Å². The zero-order chi connectivity index (χ0) is 15.6. The zero-order valence-electron chi connectivity index (χ0n) is 10.5. The third-order valence-electron chi connectivity index (χ3n) is 2.67. The molecule has 0 bridgehead atoms. The summed E-state index contributed by atoms with van der Waals surface area (Å²) in [5.74, 6) is -0.732. The second kappa shape index (κ2) is 6.19. The number of aliphatic hydroxyl groups excluding tert-OH is 1. The summed E-state index contributed by atoms with van der Waals surface area (Å²) >= 11 is 11.3.